The van der Waals surface area contributed by atoms with Crippen molar-refractivity contribution in [3.05, 3.63) is 172 Å². The Bertz CT molecular complexity index is 2840. The molecule has 7 aromatic carbocycles. The van der Waals surface area contributed by atoms with E-state index < -0.39 is 0 Å². The van der Waals surface area contributed by atoms with Gasteiger partial charge in [0.05, 0.1) is 0 Å². The van der Waals surface area contributed by atoms with Crippen molar-refractivity contribution in [3.8, 4) is 33.4 Å². The van der Waals surface area contributed by atoms with Crippen LogP contribution in [0, 0.1) is 5.92 Å². The van der Waals surface area contributed by atoms with Crippen LogP contribution < -0.4 is 10.4 Å². The second-order valence-corrected chi connectivity index (χ2v) is 15.1. The molecule has 0 unspecified atom stereocenters. The van der Waals surface area contributed by atoms with E-state index in [1.54, 1.807) is 5.57 Å². The monoisotopic (exact) mass is 650 g/mol. The fourth-order valence-electron chi connectivity index (χ4n) is 10.2. The maximum atomic E-state index is 2.57. The third-order valence-corrected chi connectivity index (χ3v) is 12.2. The van der Waals surface area contributed by atoms with Crippen LogP contribution in [0.4, 0.5) is 0 Å². The molecule has 0 radical (unpaired) electrons. The lowest BCUT2D eigenvalue weighted by Gasteiger charge is -2.24. The Morgan fingerprint density at radius 3 is 1.73 bits per heavy atom. The minimum absolute atomic E-state index is 0.477. The van der Waals surface area contributed by atoms with Crippen molar-refractivity contribution < 1.29 is 0 Å². The van der Waals surface area contributed by atoms with Crippen LogP contribution in [0.2, 0.25) is 0 Å². The van der Waals surface area contributed by atoms with Crippen LogP contribution in [0.1, 0.15) is 61.8 Å². The van der Waals surface area contributed by atoms with Gasteiger partial charge in [-0.1, -0.05) is 159 Å². The topological polar surface area (TPSA) is 0 Å². The van der Waals surface area contributed by atoms with E-state index >= 15 is 0 Å². The summed E-state index contributed by atoms with van der Waals surface area (Å²) in [7, 11) is 0. The molecule has 7 aromatic rings. The van der Waals surface area contributed by atoms with Gasteiger partial charge in [-0.3, -0.25) is 0 Å². The summed E-state index contributed by atoms with van der Waals surface area (Å²) in [4.78, 5) is 0. The Hall–Kier alpha value is -5.72. The Morgan fingerprint density at radius 2 is 1.04 bits per heavy atom. The molecule has 0 heterocycles. The molecule has 0 saturated carbocycles. The van der Waals surface area contributed by atoms with Gasteiger partial charge in [-0.25, -0.2) is 0 Å². The molecule has 51 heavy (non-hydrogen) atoms. The predicted octanol–water partition coefficient (Wildman–Crippen LogP) is 12.2. The van der Waals surface area contributed by atoms with E-state index in [-0.39, 0.29) is 0 Å². The number of allylic oxidation sites excluding steroid dienone is 4. The Kier molecular flexibility index (Phi) is 6.20. The summed E-state index contributed by atoms with van der Waals surface area (Å²) in [6, 6.07) is 50.1. The first kappa shape index (κ1) is 29.1. The highest BCUT2D eigenvalue weighted by molar-refractivity contribution is 6.19. The summed E-state index contributed by atoms with van der Waals surface area (Å²) in [6.45, 7) is 4.82. The van der Waals surface area contributed by atoms with Crippen molar-refractivity contribution in [3.63, 3.8) is 0 Å². The molecule has 0 atom stereocenters. The molecule has 4 aliphatic carbocycles. The van der Waals surface area contributed by atoms with E-state index in [0.717, 1.165) is 25.7 Å². The van der Waals surface area contributed by atoms with E-state index in [0.29, 0.717) is 5.92 Å². The summed E-state index contributed by atoms with van der Waals surface area (Å²) < 4.78 is 0. The molecule has 0 bridgehead atoms. The van der Waals surface area contributed by atoms with Crippen LogP contribution in [0.5, 0.6) is 0 Å². The molecule has 242 valence electrons. The first-order valence-corrected chi connectivity index (χ1v) is 18.7. The Balaban J connectivity index is 1.25. The minimum atomic E-state index is 0.477. The summed E-state index contributed by atoms with van der Waals surface area (Å²) in [5, 5.41) is 8.48. The molecule has 0 saturated heterocycles. The van der Waals surface area contributed by atoms with Gasteiger partial charge in [0.25, 0.3) is 0 Å². The lowest BCUT2D eigenvalue weighted by atomic mass is 9.80. The van der Waals surface area contributed by atoms with Gasteiger partial charge in [0.1, 0.15) is 0 Å². The molecule has 0 nitrogen and oxygen atoms in total. The van der Waals surface area contributed by atoms with Gasteiger partial charge in [0, 0.05) is 0 Å². The smallest absolute Gasteiger partial charge is 0.00108 e. The fraction of sp³-hybridized carbons (Fsp3) is 0.137. The van der Waals surface area contributed by atoms with Gasteiger partial charge in [0.2, 0.25) is 0 Å². The molecule has 0 amide bonds. The number of fused-ring (bicyclic) bond motifs is 6. The minimum Gasteiger partial charge on any atom is -0.0622 e. The normalized spacial score (nSPS) is 15.5. The highest BCUT2D eigenvalue weighted by Crippen LogP contribution is 2.53. The number of hydrogen-bond acceptors (Lipinski definition) is 0. The largest absolute Gasteiger partial charge is 0.0622 e. The van der Waals surface area contributed by atoms with Gasteiger partial charge in [-0.05, 0) is 142 Å². The van der Waals surface area contributed by atoms with Crippen molar-refractivity contribution in [2.24, 2.45) is 5.92 Å². The average molecular weight is 651 g/mol. The van der Waals surface area contributed by atoms with Crippen LogP contribution in [0.15, 0.2) is 140 Å². The molecule has 0 aromatic heterocycles. The maximum absolute atomic E-state index is 2.57. The second kappa shape index (κ2) is 10.9. The summed E-state index contributed by atoms with van der Waals surface area (Å²) in [5.41, 5.74) is 21.5. The molecule has 0 fully saturated rings. The van der Waals surface area contributed by atoms with E-state index in [1.165, 1.54) is 110 Å². The fourth-order valence-corrected chi connectivity index (χ4v) is 10.2. The summed E-state index contributed by atoms with van der Waals surface area (Å²) >= 11 is 0. The summed E-state index contributed by atoms with van der Waals surface area (Å²) in [5.74, 6) is 0.477. The molecule has 0 aliphatic heterocycles. The first-order chi connectivity index (χ1) is 25.2. The Labute approximate surface area is 299 Å². The van der Waals surface area contributed by atoms with Crippen LogP contribution >= 0.6 is 0 Å². The zero-order valence-electron chi connectivity index (χ0n) is 29.2. The zero-order valence-corrected chi connectivity index (χ0v) is 29.2. The zero-order chi connectivity index (χ0) is 33.8. The van der Waals surface area contributed by atoms with E-state index in [4.69, 9.17) is 0 Å². The second-order valence-electron chi connectivity index (χ2n) is 15.1. The highest BCUT2D eigenvalue weighted by Gasteiger charge is 2.34. The van der Waals surface area contributed by atoms with Crippen LogP contribution in [-0.2, 0) is 0 Å². The summed E-state index contributed by atoms with van der Waals surface area (Å²) in [6.07, 6.45) is 6.89. The van der Waals surface area contributed by atoms with Crippen molar-refractivity contribution in [1.29, 1.82) is 0 Å². The molecule has 4 aliphatic rings. The van der Waals surface area contributed by atoms with Crippen molar-refractivity contribution >= 4 is 49.4 Å². The molecule has 0 spiro atoms. The van der Waals surface area contributed by atoms with Crippen molar-refractivity contribution in [2.75, 3.05) is 0 Å². The highest BCUT2D eigenvalue weighted by atomic mass is 14.4. The van der Waals surface area contributed by atoms with E-state index in [1.807, 2.05) is 0 Å². The van der Waals surface area contributed by atoms with Gasteiger partial charge in [-0.2, -0.15) is 0 Å². The van der Waals surface area contributed by atoms with Gasteiger partial charge in [-0.15, -0.1) is 0 Å². The lowest BCUT2D eigenvalue weighted by Crippen LogP contribution is -2.36. The van der Waals surface area contributed by atoms with Gasteiger partial charge >= 0.3 is 0 Å². The standard InChI is InChI=1S/C51H38/c1-30(2)35-25-27-42-49-43(28-26-36(48(35)49)34-23-24-37-38-21-11-17-31-18-12-22-41(45(31)38)44(37)29-34)51-47(33-15-7-4-8-16-33)40-20-10-9-19-39(40)46(50(42)51)32-13-5-3-6-14-32/h3-22,26,28-30H,23-25,27H2,1-2H3. The van der Waals surface area contributed by atoms with Crippen molar-refractivity contribution in [2.45, 2.75) is 39.5 Å². The Morgan fingerprint density at radius 1 is 0.431 bits per heavy atom. The molecular formula is C51H38. The predicted molar refractivity (Wildman–Crippen MR) is 217 cm³/mol. The number of benzene rings is 7. The van der Waals surface area contributed by atoms with Crippen LogP contribution in [0.25, 0.3) is 82.8 Å². The van der Waals surface area contributed by atoms with Crippen molar-refractivity contribution in [1.82, 2.24) is 0 Å². The maximum Gasteiger partial charge on any atom is -0.00108 e. The molecular weight excluding hydrogens is 613 g/mol. The number of rotatable bonds is 4. The average Bonchev–Trinajstić information content (AvgIpc) is 3.69. The van der Waals surface area contributed by atoms with Gasteiger partial charge in [0.15, 0.2) is 0 Å². The van der Waals surface area contributed by atoms with Crippen LogP contribution in [0.3, 0.4) is 0 Å². The van der Waals surface area contributed by atoms with E-state index in [9.17, 15) is 0 Å². The quantitative estimate of drug-likeness (QED) is 0.178. The third-order valence-electron chi connectivity index (χ3n) is 12.2. The van der Waals surface area contributed by atoms with Crippen LogP contribution in [-0.4, -0.2) is 0 Å². The molecule has 0 N–H and O–H groups in total. The molecule has 0 heteroatoms. The number of hydrogen-bond donors (Lipinski definition) is 0. The molecule has 11 rings (SSSR count). The third kappa shape index (κ3) is 4.02. The van der Waals surface area contributed by atoms with Gasteiger partial charge < -0.3 is 0 Å². The first-order valence-electron chi connectivity index (χ1n) is 18.7. The van der Waals surface area contributed by atoms with E-state index in [2.05, 4.69) is 153 Å². The lowest BCUT2D eigenvalue weighted by molar-refractivity contribution is 0.793. The SMILES string of the molecule is CC(C)C1=c2c(C3=CC4=C(CC3)c3cccc5cccc4c35)ccc3c2=C(CC1)c1c-3c(-c2ccccc2)c2ccccc2c1-c1ccccc1.